The lowest BCUT2D eigenvalue weighted by atomic mass is 10.1. The molecule has 1 aromatic rings. The molecule has 0 saturated carbocycles. The summed E-state index contributed by atoms with van der Waals surface area (Å²) in [6.45, 7) is 3.04. The Morgan fingerprint density at radius 3 is 2.50 bits per heavy atom. The van der Waals surface area contributed by atoms with E-state index in [0.717, 1.165) is 17.8 Å². The van der Waals surface area contributed by atoms with E-state index in [1.54, 1.807) is 17.4 Å². The van der Waals surface area contributed by atoms with E-state index in [-0.39, 0.29) is 5.91 Å². The van der Waals surface area contributed by atoms with E-state index >= 15 is 0 Å². The van der Waals surface area contributed by atoms with E-state index in [4.69, 9.17) is 0 Å². The molecule has 0 aliphatic rings. The third-order valence-electron chi connectivity index (χ3n) is 3.27. The van der Waals surface area contributed by atoms with Gasteiger partial charge in [-0.1, -0.05) is 57.9 Å². The van der Waals surface area contributed by atoms with Gasteiger partial charge in [-0.25, -0.2) is 0 Å². The number of thiophene rings is 1. The first-order chi connectivity index (χ1) is 9.83. The molecule has 0 unspecified atom stereocenters. The van der Waals surface area contributed by atoms with E-state index in [9.17, 15) is 4.79 Å². The van der Waals surface area contributed by atoms with Crippen molar-refractivity contribution in [2.24, 2.45) is 0 Å². The third kappa shape index (κ3) is 8.92. The summed E-state index contributed by atoms with van der Waals surface area (Å²) >= 11 is 1.64. The normalized spacial score (nSPS) is 11.1. The van der Waals surface area contributed by atoms with Gasteiger partial charge in [-0.3, -0.25) is 4.79 Å². The van der Waals surface area contributed by atoms with Gasteiger partial charge in [0.1, 0.15) is 0 Å². The standard InChI is InChI=1S/C17H27NOS/c1-2-3-4-5-6-7-8-9-14-18-17(19)13-12-16-11-10-15-20-16/h10-13,15H,2-9,14H2,1H3,(H,18,19). The van der Waals surface area contributed by atoms with E-state index < -0.39 is 0 Å². The van der Waals surface area contributed by atoms with Crippen molar-refractivity contribution in [3.05, 3.63) is 28.5 Å². The molecule has 20 heavy (non-hydrogen) atoms. The number of carbonyl (C=O) groups is 1. The summed E-state index contributed by atoms with van der Waals surface area (Å²) in [6.07, 6.45) is 13.9. The van der Waals surface area contributed by atoms with Crippen LogP contribution in [0.2, 0.25) is 0 Å². The van der Waals surface area contributed by atoms with Crippen LogP contribution in [-0.2, 0) is 4.79 Å². The van der Waals surface area contributed by atoms with Crippen LogP contribution in [0.4, 0.5) is 0 Å². The number of nitrogens with one attached hydrogen (secondary N) is 1. The van der Waals surface area contributed by atoms with Crippen molar-refractivity contribution < 1.29 is 4.79 Å². The Morgan fingerprint density at radius 1 is 1.15 bits per heavy atom. The van der Waals surface area contributed by atoms with E-state index in [0.29, 0.717) is 0 Å². The van der Waals surface area contributed by atoms with Crippen LogP contribution < -0.4 is 5.32 Å². The van der Waals surface area contributed by atoms with Crippen molar-refractivity contribution in [2.75, 3.05) is 6.54 Å². The van der Waals surface area contributed by atoms with Crippen molar-refractivity contribution >= 4 is 23.3 Å². The van der Waals surface area contributed by atoms with Gasteiger partial charge >= 0.3 is 0 Å². The lowest BCUT2D eigenvalue weighted by molar-refractivity contribution is -0.116. The highest BCUT2D eigenvalue weighted by Crippen LogP contribution is 2.10. The van der Waals surface area contributed by atoms with Gasteiger partial charge in [-0.15, -0.1) is 11.3 Å². The van der Waals surface area contributed by atoms with E-state index in [1.807, 2.05) is 23.6 Å². The minimum atomic E-state index is 0.0151. The Kier molecular flexibility index (Phi) is 9.93. The largest absolute Gasteiger partial charge is 0.353 e. The fourth-order valence-corrected chi connectivity index (χ4v) is 2.69. The zero-order valence-corrected chi connectivity index (χ0v) is 13.4. The number of rotatable bonds is 11. The molecule has 3 heteroatoms. The monoisotopic (exact) mass is 293 g/mol. The first-order valence-electron chi connectivity index (χ1n) is 7.82. The Labute approximate surface area is 127 Å². The molecule has 0 fully saturated rings. The van der Waals surface area contributed by atoms with Crippen LogP contribution in [0.1, 0.15) is 63.2 Å². The van der Waals surface area contributed by atoms with E-state index in [2.05, 4.69) is 12.2 Å². The molecule has 0 atom stereocenters. The van der Waals surface area contributed by atoms with Gasteiger partial charge in [0.25, 0.3) is 0 Å². The molecule has 0 spiro atoms. The third-order valence-corrected chi connectivity index (χ3v) is 4.11. The quantitative estimate of drug-likeness (QED) is 0.450. The van der Waals surface area contributed by atoms with Crippen LogP contribution in [0, 0.1) is 0 Å². The fraction of sp³-hybridized carbons (Fsp3) is 0.588. The van der Waals surface area contributed by atoms with Crippen LogP contribution in [0.25, 0.3) is 6.08 Å². The maximum atomic E-state index is 11.6. The van der Waals surface area contributed by atoms with Gasteiger partial charge in [0, 0.05) is 17.5 Å². The SMILES string of the molecule is CCCCCCCCCCNC(=O)C=Cc1cccs1. The highest BCUT2D eigenvalue weighted by molar-refractivity contribution is 7.10. The van der Waals surface area contributed by atoms with Crippen LogP contribution in [0.5, 0.6) is 0 Å². The molecule has 0 bridgehead atoms. The van der Waals surface area contributed by atoms with E-state index in [1.165, 1.54) is 44.9 Å². The van der Waals surface area contributed by atoms with Gasteiger partial charge in [0.15, 0.2) is 0 Å². The first-order valence-corrected chi connectivity index (χ1v) is 8.70. The van der Waals surface area contributed by atoms with Gasteiger partial charge in [0.05, 0.1) is 0 Å². The van der Waals surface area contributed by atoms with Gasteiger partial charge in [0.2, 0.25) is 5.91 Å². The number of hydrogen-bond donors (Lipinski definition) is 1. The summed E-state index contributed by atoms with van der Waals surface area (Å²) < 4.78 is 0. The average molecular weight is 293 g/mol. The summed E-state index contributed by atoms with van der Waals surface area (Å²) in [5.74, 6) is 0.0151. The number of hydrogen-bond acceptors (Lipinski definition) is 2. The molecule has 1 N–H and O–H groups in total. The van der Waals surface area contributed by atoms with Crippen molar-refractivity contribution in [3.8, 4) is 0 Å². The van der Waals surface area contributed by atoms with Crippen molar-refractivity contribution in [3.63, 3.8) is 0 Å². The Hall–Kier alpha value is -1.09. The topological polar surface area (TPSA) is 29.1 Å². The number of amides is 1. The molecule has 1 amide bonds. The summed E-state index contributed by atoms with van der Waals surface area (Å²) in [4.78, 5) is 12.7. The lowest BCUT2D eigenvalue weighted by Gasteiger charge is -2.03. The number of carbonyl (C=O) groups excluding carboxylic acids is 1. The van der Waals surface area contributed by atoms with Crippen molar-refractivity contribution in [1.82, 2.24) is 5.32 Å². The zero-order chi connectivity index (χ0) is 14.5. The van der Waals surface area contributed by atoms with Crippen LogP contribution in [0.3, 0.4) is 0 Å². The Bertz CT molecular complexity index is 370. The highest BCUT2D eigenvalue weighted by atomic mass is 32.1. The molecule has 1 aromatic heterocycles. The summed E-state index contributed by atoms with van der Waals surface area (Å²) in [7, 11) is 0. The average Bonchev–Trinajstić information content (AvgIpc) is 2.96. The molecule has 0 aromatic carbocycles. The predicted molar refractivity (Wildman–Crippen MR) is 89.0 cm³/mol. The first kappa shape index (κ1) is 17.0. The van der Waals surface area contributed by atoms with Crippen LogP contribution in [0.15, 0.2) is 23.6 Å². The highest BCUT2D eigenvalue weighted by Gasteiger charge is 1.96. The summed E-state index contributed by atoms with van der Waals surface area (Å²) in [6, 6.07) is 4.00. The smallest absolute Gasteiger partial charge is 0.244 e. The molecule has 0 aliphatic carbocycles. The molecule has 0 saturated heterocycles. The molecule has 0 radical (unpaired) electrons. The van der Waals surface area contributed by atoms with Crippen molar-refractivity contribution in [1.29, 1.82) is 0 Å². The molecule has 1 heterocycles. The number of unbranched alkanes of at least 4 members (excludes halogenated alkanes) is 7. The van der Waals surface area contributed by atoms with Gasteiger partial charge in [-0.2, -0.15) is 0 Å². The minimum Gasteiger partial charge on any atom is -0.353 e. The molecular formula is C17H27NOS. The maximum absolute atomic E-state index is 11.6. The van der Waals surface area contributed by atoms with Crippen LogP contribution in [-0.4, -0.2) is 12.5 Å². The summed E-state index contributed by atoms with van der Waals surface area (Å²) in [5, 5.41) is 4.95. The molecule has 1 rings (SSSR count). The molecule has 112 valence electrons. The van der Waals surface area contributed by atoms with Crippen molar-refractivity contribution in [2.45, 2.75) is 58.3 Å². The minimum absolute atomic E-state index is 0.0151. The molecule has 2 nitrogen and oxygen atoms in total. The Balaban J connectivity index is 1.92. The second kappa shape index (κ2) is 11.7. The van der Waals surface area contributed by atoms with Gasteiger partial charge in [-0.05, 0) is 23.9 Å². The predicted octanol–water partition coefficient (Wildman–Crippen LogP) is 5.02. The Morgan fingerprint density at radius 2 is 1.85 bits per heavy atom. The maximum Gasteiger partial charge on any atom is 0.244 e. The zero-order valence-electron chi connectivity index (χ0n) is 12.6. The fourth-order valence-electron chi connectivity index (χ4n) is 2.07. The second-order valence-electron chi connectivity index (χ2n) is 5.11. The molecular weight excluding hydrogens is 266 g/mol. The van der Waals surface area contributed by atoms with Crippen LogP contribution >= 0.6 is 11.3 Å². The lowest BCUT2D eigenvalue weighted by Crippen LogP contribution is -2.21. The second-order valence-corrected chi connectivity index (χ2v) is 6.09. The van der Waals surface area contributed by atoms with Gasteiger partial charge < -0.3 is 5.32 Å². The summed E-state index contributed by atoms with van der Waals surface area (Å²) in [5.41, 5.74) is 0. The molecule has 0 aliphatic heterocycles.